The fourth-order valence-corrected chi connectivity index (χ4v) is 2.02. The minimum atomic E-state index is -1.09. The Morgan fingerprint density at radius 2 is 2.31 bits per heavy atom. The zero-order valence-electron chi connectivity index (χ0n) is 7.78. The van der Waals surface area contributed by atoms with Gasteiger partial charge in [-0.1, -0.05) is 13.8 Å². The van der Waals surface area contributed by atoms with Crippen molar-refractivity contribution in [3.8, 4) is 0 Å². The first kappa shape index (κ1) is 10.2. The monoisotopic (exact) mass is 202 g/mol. The number of nitrogens with two attached hydrogens (primary N) is 1. The van der Waals surface area contributed by atoms with Crippen LogP contribution in [0.15, 0.2) is 5.16 Å². The Labute approximate surface area is 79.6 Å². The highest BCUT2D eigenvalue weighted by Gasteiger charge is 2.09. The van der Waals surface area contributed by atoms with Gasteiger partial charge in [-0.15, -0.1) is 5.10 Å². The van der Waals surface area contributed by atoms with E-state index < -0.39 is 10.8 Å². The summed E-state index contributed by atoms with van der Waals surface area (Å²) in [6.07, 6.45) is 0.910. The highest BCUT2D eigenvalue weighted by atomic mass is 32.2. The molecule has 0 aliphatic rings. The van der Waals surface area contributed by atoms with Gasteiger partial charge in [0, 0.05) is 5.75 Å². The number of H-pyrrole nitrogens is 1. The second-order valence-electron chi connectivity index (χ2n) is 3.23. The summed E-state index contributed by atoms with van der Waals surface area (Å²) in [5.41, 5.74) is 5.28. The van der Waals surface area contributed by atoms with Crippen LogP contribution in [0, 0.1) is 5.92 Å². The second kappa shape index (κ2) is 4.36. The van der Waals surface area contributed by atoms with Crippen molar-refractivity contribution < 1.29 is 4.21 Å². The van der Waals surface area contributed by atoms with Crippen LogP contribution in [0.4, 0.5) is 5.95 Å². The van der Waals surface area contributed by atoms with Crippen molar-refractivity contribution in [2.75, 3.05) is 11.5 Å². The molecule has 74 valence electrons. The molecule has 1 aromatic heterocycles. The maximum atomic E-state index is 11.5. The molecule has 0 saturated carbocycles. The molecule has 13 heavy (non-hydrogen) atoms. The van der Waals surface area contributed by atoms with E-state index in [2.05, 4.69) is 29.0 Å². The van der Waals surface area contributed by atoms with Crippen LogP contribution in [-0.4, -0.2) is 25.1 Å². The van der Waals surface area contributed by atoms with E-state index in [4.69, 9.17) is 5.73 Å². The fraction of sp³-hybridized carbons (Fsp3) is 0.714. The van der Waals surface area contributed by atoms with Gasteiger partial charge >= 0.3 is 0 Å². The third kappa shape index (κ3) is 3.14. The molecule has 1 rings (SSSR count). The first-order valence-corrected chi connectivity index (χ1v) is 5.47. The predicted octanol–water partition coefficient (Wildman–Crippen LogP) is 0.541. The van der Waals surface area contributed by atoms with Gasteiger partial charge in [0.05, 0.1) is 10.8 Å². The summed E-state index contributed by atoms with van der Waals surface area (Å²) < 4.78 is 11.5. The van der Waals surface area contributed by atoms with Gasteiger partial charge in [-0.2, -0.15) is 4.98 Å². The van der Waals surface area contributed by atoms with E-state index in [0.29, 0.717) is 16.8 Å². The number of anilines is 1. The third-order valence-corrected chi connectivity index (χ3v) is 2.80. The van der Waals surface area contributed by atoms with E-state index >= 15 is 0 Å². The highest BCUT2D eigenvalue weighted by molar-refractivity contribution is 7.84. The largest absolute Gasteiger partial charge is 0.366 e. The summed E-state index contributed by atoms with van der Waals surface area (Å²) in [4.78, 5) is 3.80. The van der Waals surface area contributed by atoms with Crippen LogP contribution in [0.5, 0.6) is 0 Å². The van der Waals surface area contributed by atoms with E-state index in [9.17, 15) is 4.21 Å². The van der Waals surface area contributed by atoms with Gasteiger partial charge in [0.15, 0.2) is 0 Å². The van der Waals surface area contributed by atoms with Gasteiger partial charge in [0.25, 0.3) is 0 Å². The van der Waals surface area contributed by atoms with E-state index in [-0.39, 0.29) is 5.95 Å². The molecule has 0 aliphatic heterocycles. The molecule has 1 atom stereocenters. The first-order valence-electron chi connectivity index (χ1n) is 4.16. The van der Waals surface area contributed by atoms with E-state index in [0.717, 1.165) is 6.42 Å². The van der Waals surface area contributed by atoms with Gasteiger partial charge in [-0.3, -0.25) is 9.31 Å². The third-order valence-electron chi connectivity index (χ3n) is 1.58. The molecule has 0 unspecified atom stereocenters. The number of nitrogen functional groups attached to an aromatic ring is 1. The Morgan fingerprint density at radius 3 is 2.77 bits per heavy atom. The van der Waals surface area contributed by atoms with Gasteiger partial charge < -0.3 is 5.73 Å². The Kier molecular flexibility index (Phi) is 3.41. The molecule has 0 radical (unpaired) electrons. The van der Waals surface area contributed by atoms with Crippen LogP contribution in [0.25, 0.3) is 0 Å². The molecule has 0 amide bonds. The molecule has 0 bridgehead atoms. The Bertz CT molecular complexity index is 296. The van der Waals surface area contributed by atoms with E-state index in [1.165, 1.54) is 0 Å². The van der Waals surface area contributed by atoms with Crippen LogP contribution in [-0.2, 0) is 10.8 Å². The fourth-order valence-electron chi connectivity index (χ4n) is 0.800. The van der Waals surface area contributed by atoms with Gasteiger partial charge in [0.1, 0.15) is 0 Å². The molecular weight excluding hydrogens is 188 g/mol. The molecule has 5 nitrogen and oxygen atoms in total. The SMILES string of the molecule is CC(C)CC[S@@](=O)c1nc(N)n[nH]1. The number of rotatable bonds is 4. The number of aromatic amines is 1. The molecule has 0 aliphatic carbocycles. The Morgan fingerprint density at radius 1 is 1.62 bits per heavy atom. The normalized spacial score (nSPS) is 13.5. The number of hydrogen-bond acceptors (Lipinski definition) is 4. The van der Waals surface area contributed by atoms with Gasteiger partial charge in [0.2, 0.25) is 11.1 Å². The van der Waals surface area contributed by atoms with Crippen molar-refractivity contribution in [3.05, 3.63) is 0 Å². The van der Waals surface area contributed by atoms with Crippen molar-refractivity contribution in [3.63, 3.8) is 0 Å². The number of hydrogen-bond donors (Lipinski definition) is 2. The Hall–Kier alpha value is -0.910. The zero-order valence-corrected chi connectivity index (χ0v) is 8.60. The molecule has 1 aromatic rings. The van der Waals surface area contributed by atoms with Crippen molar-refractivity contribution in [2.45, 2.75) is 25.4 Å². The summed E-state index contributed by atoms with van der Waals surface area (Å²) in [6.45, 7) is 4.18. The minimum absolute atomic E-state index is 0.146. The average molecular weight is 202 g/mol. The van der Waals surface area contributed by atoms with Gasteiger partial charge in [-0.25, -0.2) is 0 Å². The van der Waals surface area contributed by atoms with Crippen molar-refractivity contribution >= 4 is 16.7 Å². The van der Waals surface area contributed by atoms with Crippen LogP contribution in [0.1, 0.15) is 20.3 Å². The van der Waals surface area contributed by atoms with E-state index in [1.807, 2.05) is 0 Å². The standard InChI is InChI=1S/C7H14N4OS/c1-5(2)3-4-13(12)7-9-6(8)10-11-7/h5H,3-4H2,1-2H3,(H3,8,9,10,11)/t13-/m1/s1. The number of aromatic nitrogens is 3. The van der Waals surface area contributed by atoms with E-state index in [1.54, 1.807) is 0 Å². The molecule has 0 saturated heterocycles. The molecule has 1 heterocycles. The lowest BCUT2D eigenvalue weighted by Gasteiger charge is -2.01. The maximum absolute atomic E-state index is 11.5. The quantitative estimate of drug-likeness (QED) is 0.746. The first-order chi connectivity index (χ1) is 6.09. The summed E-state index contributed by atoms with van der Waals surface area (Å²) in [6, 6.07) is 0. The lowest BCUT2D eigenvalue weighted by Crippen LogP contribution is -2.03. The summed E-state index contributed by atoms with van der Waals surface area (Å²) in [7, 11) is -1.09. The maximum Gasteiger partial charge on any atom is 0.240 e. The molecule has 6 heteroatoms. The van der Waals surface area contributed by atoms with Crippen molar-refractivity contribution in [1.29, 1.82) is 0 Å². The lowest BCUT2D eigenvalue weighted by atomic mass is 10.2. The molecule has 0 spiro atoms. The van der Waals surface area contributed by atoms with Crippen molar-refractivity contribution in [1.82, 2.24) is 15.2 Å². The smallest absolute Gasteiger partial charge is 0.240 e. The molecule has 0 aromatic carbocycles. The lowest BCUT2D eigenvalue weighted by molar-refractivity contribution is 0.617. The predicted molar refractivity (Wildman–Crippen MR) is 51.5 cm³/mol. The van der Waals surface area contributed by atoms with Crippen LogP contribution >= 0.6 is 0 Å². The second-order valence-corrected chi connectivity index (χ2v) is 4.72. The van der Waals surface area contributed by atoms with Gasteiger partial charge in [-0.05, 0) is 12.3 Å². The highest BCUT2D eigenvalue weighted by Crippen LogP contribution is 2.06. The van der Waals surface area contributed by atoms with Crippen LogP contribution in [0.3, 0.4) is 0 Å². The topological polar surface area (TPSA) is 84.7 Å². The summed E-state index contributed by atoms with van der Waals surface area (Å²) in [5.74, 6) is 1.30. The average Bonchev–Trinajstić information content (AvgIpc) is 2.47. The number of nitrogens with one attached hydrogen (secondary N) is 1. The minimum Gasteiger partial charge on any atom is -0.366 e. The van der Waals surface area contributed by atoms with Crippen LogP contribution in [0.2, 0.25) is 0 Å². The molecule has 3 N–H and O–H groups in total. The summed E-state index contributed by atoms with van der Waals surface area (Å²) in [5, 5.41) is 6.53. The molecule has 0 fully saturated rings. The molecular formula is C7H14N4OS. The number of nitrogens with zero attached hydrogens (tertiary/aromatic N) is 2. The van der Waals surface area contributed by atoms with Crippen molar-refractivity contribution in [2.24, 2.45) is 5.92 Å². The Balaban J connectivity index is 2.49. The summed E-state index contributed by atoms with van der Waals surface area (Å²) >= 11 is 0. The van der Waals surface area contributed by atoms with Crippen LogP contribution < -0.4 is 5.73 Å². The zero-order chi connectivity index (χ0) is 9.84.